The number of benzene rings is 1. The quantitative estimate of drug-likeness (QED) is 0.323. The lowest BCUT2D eigenvalue weighted by atomic mass is 9.90. The lowest BCUT2D eigenvalue weighted by molar-refractivity contribution is 0.0895. The molecule has 2 fully saturated rings. The van der Waals surface area contributed by atoms with Gasteiger partial charge in [0.15, 0.2) is 5.65 Å². The smallest absolute Gasteiger partial charge is 0.270 e. The minimum absolute atomic E-state index is 0.148. The number of rotatable bonds is 4. The van der Waals surface area contributed by atoms with Crippen LogP contribution in [0, 0.1) is 12.3 Å². The summed E-state index contributed by atoms with van der Waals surface area (Å²) >= 11 is 0. The first-order valence-electron chi connectivity index (χ1n) is 13.6. The Morgan fingerprint density at radius 3 is 2.76 bits per heavy atom. The zero-order valence-electron chi connectivity index (χ0n) is 22.1. The van der Waals surface area contributed by atoms with Crippen LogP contribution in [0.3, 0.4) is 0 Å². The molecule has 0 saturated heterocycles. The Bertz CT molecular complexity index is 2070. The monoisotopic (exact) mass is 539 g/mol. The van der Waals surface area contributed by atoms with Crippen LogP contribution in [0.15, 0.2) is 67.6 Å². The molecule has 8 rings (SSSR count). The van der Waals surface area contributed by atoms with Crippen molar-refractivity contribution in [2.75, 3.05) is 5.73 Å². The number of amides is 1. The van der Waals surface area contributed by atoms with Gasteiger partial charge in [-0.2, -0.15) is 0 Å². The van der Waals surface area contributed by atoms with E-state index in [1.807, 2.05) is 30.5 Å². The first-order valence-corrected chi connectivity index (χ1v) is 13.6. The molecule has 2 bridgehead atoms. The molecule has 200 valence electrons. The number of fused-ring (bicyclic) bond motifs is 5. The number of carbonyl (C=O) groups is 1. The molecule has 5 heterocycles. The maximum Gasteiger partial charge on any atom is 0.270 e. The summed E-state index contributed by atoms with van der Waals surface area (Å²) in [6.07, 6.45) is 20.3. The van der Waals surface area contributed by atoms with Gasteiger partial charge in [0.1, 0.15) is 29.2 Å². The predicted molar refractivity (Wildman–Crippen MR) is 155 cm³/mol. The average molecular weight is 540 g/mol. The highest BCUT2D eigenvalue weighted by molar-refractivity contribution is 6.04. The van der Waals surface area contributed by atoms with Crippen molar-refractivity contribution < 1.29 is 4.79 Å². The molecule has 3 N–H and O–H groups in total. The molecule has 0 unspecified atom stereocenters. The van der Waals surface area contributed by atoms with Gasteiger partial charge in [0, 0.05) is 46.2 Å². The molecule has 5 aromatic heterocycles. The van der Waals surface area contributed by atoms with Crippen molar-refractivity contribution in [3.63, 3.8) is 0 Å². The third-order valence-electron chi connectivity index (χ3n) is 9.00. The van der Waals surface area contributed by atoms with Crippen LogP contribution < -0.4 is 11.1 Å². The minimum atomic E-state index is -0.361. The van der Waals surface area contributed by atoms with E-state index in [-0.39, 0.29) is 17.0 Å². The average Bonchev–Trinajstić information content (AvgIpc) is 3.76. The van der Waals surface area contributed by atoms with E-state index in [0.717, 1.165) is 59.5 Å². The molecule has 10 nitrogen and oxygen atoms in total. The summed E-state index contributed by atoms with van der Waals surface area (Å²) in [6, 6.07) is 10.1. The Morgan fingerprint density at radius 2 is 1.90 bits per heavy atom. The van der Waals surface area contributed by atoms with Crippen molar-refractivity contribution in [1.82, 2.24) is 39.2 Å². The van der Waals surface area contributed by atoms with Gasteiger partial charge in [0.25, 0.3) is 5.91 Å². The summed E-state index contributed by atoms with van der Waals surface area (Å²) < 4.78 is 3.96. The van der Waals surface area contributed by atoms with Gasteiger partial charge in [-0.05, 0) is 44.2 Å². The standard InChI is InChI=1S/C31H25N9O/c1-2-22-25(20-13-19-5-3-4-6-21(19)34-14-20)26-27(32)36-18-37-28(26)40(22)31-9-7-30(17-31,8-10-31)38-29(41)23-15-35-24-16-33-11-12-39(23)24/h1,3-6,11-16,18H,7-10,17H2,(H,38,41)(H2,32,36,37). The molecule has 1 amide bonds. The highest BCUT2D eigenvalue weighted by Gasteiger charge is 2.57. The molecule has 10 heteroatoms. The second-order valence-electron chi connectivity index (χ2n) is 11.2. The maximum atomic E-state index is 13.5. The number of nitrogens with one attached hydrogen (secondary N) is 1. The highest BCUT2D eigenvalue weighted by atomic mass is 16.2. The van der Waals surface area contributed by atoms with Gasteiger partial charge >= 0.3 is 0 Å². The summed E-state index contributed by atoms with van der Waals surface area (Å²) in [5.41, 5.74) is 11.0. The summed E-state index contributed by atoms with van der Waals surface area (Å²) in [4.78, 5) is 35.7. The highest BCUT2D eigenvalue weighted by Crippen LogP contribution is 2.57. The predicted octanol–water partition coefficient (Wildman–Crippen LogP) is 4.09. The second kappa shape index (κ2) is 8.35. The molecule has 0 atom stereocenters. The number of anilines is 1. The van der Waals surface area contributed by atoms with Crippen molar-refractivity contribution in [3.8, 4) is 23.5 Å². The van der Waals surface area contributed by atoms with E-state index in [4.69, 9.17) is 22.1 Å². The first kappa shape index (κ1) is 23.6. The molecule has 2 saturated carbocycles. The molecule has 2 aliphatic carbocycles. The van der Waals surface area contributed by atoms with Crippen molar-refractivity contribution in [2.45, 2.75) is 43.2 Å². The van der Waals surface area contributed by atoms with Crippen molar-refractivity contribution in [1.29, 1.82) is 0 Å². The van der Waals surface area contributed by atoms with Gasteiger partial charge in [0.2, 0.25) is 0 Å². The Kier molecular flexibility index (Phi) is 4.80. The Hall–Kier alpha value is -5.30. The number of imidazole rings is 1. The molecular formula is C31H25N9O. The second-order valence-corrected chi connectivity index (χ2v) is 11.2. The number of nitrogen functional groups attached to an aromatic ring is 1. The largest absolute Gasteiger partial charge is 0.383 e. The van der Waals surface area contributed by atoms with Gasteiger partial charge in [-0.1, -0.05) is 24.1 Å². The van der Waals surface area contributed by atoms with E-state index < -0.39 is 0 Å². The fourth-order valence-corrected chi connectivity index (χ4v) is 7.19. The van der Waals surface area contributed by atoms with Gasteiger partial charge in [-0.15, -0.1) is 6.42 Å². The van der Waals surface area contributed by atoms with Crippen LogP contribution in [0.1, 0.15) is 48.3 Å². The third-order valence-corrected chi connectivity index (χ3v) is 9.00. The Balaban J connectivity index is 1.23. The maximum absolute atomic E-state index is 13.5. The van der Waals surface area contributed by atoms with E-state index in [1.54, 1.807) is 29.2 Å². The number of hydrogen-bond acceptors (Lipinski definition) is 7. The number of carbonyl (C=O) groups excluding carboxylic acids is 1. The summed E-state index contributed by atoms with van der Waals surface area (Å²) in [5.74, 6) is 3.21. The Morgan fingerprint density at radius 1 is 1.05 bits per heavy atom. The number of aromatic nitrogens is 7. The molecule has 2 aliphatic rings. The van der Waals surface area contributed by atoms with Crippen LogP contribution in [-0.4, -0.2) is 45.3 Å². The minimum Gasteiger partial charge on any atom is -0.383 e. The molecule has 41 heavy (non-hydrogen) atoms. The van der Waals surface area contributed by atoms with Gasteiger partial charge in [-0.3, -0.25) is 19.2 Å². The van der Waals surface area contributed by atoms with E-state index in [9.17, 15) is 4.79 Å². The van der Waals surface area contributed by atoms with Gasteiger partial charge in [0.05, 0.1) is 23.3 Å². The Labute approximate surface area is 234 Å². The van der Waals surface area contributed by atoms with E-state index >= 15 is 0 Å². The fourth-order valence-electron chi connectivity index (χ4n) is 7.19. The van der Waals surface area contributed by atoms with Crippen LogP contribution in [0.2, 0.25) is 0 Å². The molecule has 0 radical (unpaired) electrons. The van der Waals surface area contributed by atoms with E-state index in [2.05, 4.69) is 36.8 Å². The molecule has 6 aromatic rings. The SMILES string of the molecule is C#Cc1c(-c2cnc3ccccc3c2)c2c(N)ncnc2n1C12CCC(NC(=O)c3cnc4cnccn34)(CC1)C2. The number of para-hydroxylation sites is 1. The van der Waals surface area contributed by atoms with Gasteiger partial charge in [-0.25, -0.2) is 15.0 Å². The molecular weight excluding hydrogens is 514 g/mol. The summed E-state index contributed by atoms with van der Waals surface area (Å²) in [5, 5.41) is 5.12. The van der Waals surface area contributed by atoms with Crippen molar-refractivity contribution in [3.05, 3.63) is 79.0 Å². The molecule has 1 aromatic carbocycles. The zero-order chi connectivity index (χ0) is 27.8. The number of nitrogens with two attached hydrogens (primary N) is 1. The van der Waals surface area contributed by atoms with Crippen molar-refractivity contribution in [2.24, 2.45) is 0 Å². The van der Waals surface area contributed by atoms with E-state index in [1.165, 1.54) is 6.33 Å². The topological polar surface area (TPSA) is 129 Å². The van der Waals surface area contributed by atoms with E-state index in [0.29, 0.717) is 28.5 Å². The summed E-state index contributed by atoms with van der Waals surface area (Å²) in [6.45, 7) is 0. The van der Waals surface area contributed by atoms with Crippen LogP contribution >= 0.6 is 0 Å². The zero-order valence-corrected chi connectivity index (χ0v) is 22.1. The number of terminal acetylenes is 1. The normalized spacial score (nSPS) is 21.5. The lowest BCUT2D eigenvalue weighted by Gasteiger charge is -2.30. The van der Waals surface area contributed by atoms with Gasteiger partial charge < -0.3 is 15.6 Å². The third kappa shape index (κ3) is 3.32. The summed E-state index contributed by atoms with van der Waals surface area (Å²) in [7, 11) is 0. The number of hydrogen-bond donors (Lipinski definition) is 2. The van der Waals surface area contributed by atoms with Crippen molar-refractivity contribution >= 4 is 39.3 Å². The first-order chi connectivity index (χ1) is 20.0. The molecule has 0 aliphatic heterocycles. The van der Waals surface area contributed by atoms with Crippen LogP contribution in [0.5, 0.6) is 0 Å². The van der Waals surface area contributed by atoms with Crippen LogP contribution in [0.25, 0.3) is 38.7 Å². The molecule has 0 spiro atoms. The van der Waals surface area contributed by atoms with Crippen LogP contribution in [0.4, 0.5) is 5.82 Å². The lowest BCUT2D eigenvalue weighted by Crippen LogP contribution is -2.45. The number of pyridine rings is 1. The fraction of sp³-hybridized carbons (Fsp3) is 0.226. The number of nitrogens with zero attached hydrogens (tertiary/aromatic N) is 7. The van der Waals surface area contributed by atoms with Crippen LogP contribution in [-0.2, 0) is 5.54 Å².